The van der Waals surface area contributed by atoms with Gasteiger partial charge in [0.2, 0.25) is 0 Å². The quantitative estimate of drug-likeness (QED) is 0.711. The average Bonchev–Trinajstić information content (AvgIpc) is 2.43. The molecule has 0 saturated heterocycles. The van der Waals surface area contributed by atoms with Crippen molar-refractivity contribution in [3.05, 3.63) is 52.5 Å². The van der Waals surface area contributed by atoms with E-state index in [1.807, 2.05) is 29.7 Å². The fourth-order valence-electron chi connectivity index (χ4n) is 1.24. The Bertz CT molecular complexity index is 396. The summed E-state index contributed by atoms with van der Waals surface area (Å²) >= 11 is 1.70. The Balaban J connectivity index is 2.10. The van der Waals surface area contributed by atoms with Gasteiger partial charge in [-0.3, -0.25) is 0 Å². The summed E-state index contributed by atoms with van der Waals surface area (Å²) in [4.78, 5) is 1.27. The molecule has 1 aliphatic carbocycles. The van der Waals surface area contributed by atoms with Crippen LogP contribution in [0.15, 0.2) is 47.6 Å². The molecule has 14 heavy (non-hydrogen) atoms. The summed E-state index contributed by atoms with van der Waals surface area (Å²) in [6.45, 7) is 2.08. The number of thiophene rings is 1. The standard InChI is InChI=1S/C12H12OS/c1-10-8-12(9-14-10)13-11-6-4-2-3-5-7-11/h2,4-9H,3H2,1H3. The summed E-state index contributed by atoms with van der Waals surface area (Å²) in [6.07, 6.45) is 11.2. The van der Waals surface area contributed by atoms with Gasteiger partial charge in [0, 0.05) is 10.3 Å². The molecule has 0 fully saturated rings. The van der Waals surface area contributed by atoms with Gasteiger partial charge in [0.15, 0.2) is 0 Å². The highest BCUT2D eigenvalue weighted by molar-refractivity contribution is 7.10. The number of hydrogen-bond donors (Lipinski definition) is 0. The smallest absolute Gasteiger partial charge is 0.138 e. The minimum Gasteiger partial charge on any atom is -0.457 e. The molecular weight excluding hydrogens is 192 g/mol. The minimum absolute atomic E-state index is 0.900. The predicted molar refractivity (Wildman–Crippen MR) is 60.7 cm³/mol. The van der Waals surface area contributed by atoms with Crippen LogP contribution in [-0.2, 0) is 0 Å². The number of ether oxygens (including phenoxy) is 1. The number of rotatable bonds is 2. The topological polar surface area (TPSA) is 9.23 Å². The van der Waals surface area contributed by atoms with E-state index < -0.39 is 0 Å². The largest absolute Gasteiger partial charge is 0.457 e. The van der Waals surface area contributed by atoms with Crippen LogP contribution in [0.25, 0.3) is 0 Å². The molecule has 0 unspecified atom stereocenters. The Labute approximate surface area is 88.0 Å². The number of allylic oxidation sites excluding steroid dienone is 5. The van der Waals surface area contributed by atoms with E-state index >= 15 is 0 Å². The van der Waals surface area contributed by atoms with Crippen LogP contribution in [0.2, 0.25) is 0 Å². The van der Waals surface area contributed by atoms with Gasteiger partial charge in [0.05, 0.1) is 0 Å². The van der Waals surface area contributed by atoms with Gasteiger partial charge < -0.3 is 4.74 Å². The van der Waals surface area contributed by atoms with Crippen LogP contribution in [0.4, 0.5) is 0 Å². The molecule has 1 aromatic rings. The molecule has 0 amide bonds. The lowest BCUT2D eigenvalue weighted by Gasteiger charge is -2.01. The van der Waals surface area contributed by atoms with E-state index in [9.17, 15) is 0 Å². The normalized spacial score (nSPS) is 15.1. The fraction of sp³-hybridized carbons (Fsp3) is 0.167. The van der Waals surface area contributed by atoms with Crippen LogP contribution in [0, 0.1) is 6.92 Å². The van der Waals surface area contributed by atoms with E-state index in [-0.39, 0.29) is 0 Å². The van der Waals surface area contributed by atoms with Gasteiger partial charge in [-0.05, 0) is 31.6 Å². The van der Waals surface area contributed by atoms with E-state index in [1.54, 1.807) is 11.3 Å². The van der Waals surface area contributed by atoms with Crippen LogP contribution < -0.4 is 4.74 Å². The van der Waals surface area contributed by atoms with Crippen LogP contribution in [0.1, 0.15) is 11.3 Å². The summed E-state index contributed by atoms with van der Waals surface area (Å²) in [6, 6.07) is 2.05. The van der Waals surface area contributed by atoms with Gasteiger partial charge in [-0.1, -0.05) is 18.2 Å². The molecule has 1 aliphatic rings. The number of aryl methyl sites for hydroxylation is 1. The molecule has 1 heterocycles. The maximum atomic E-state index is 5.69. The third-order valence-electron chi connectivity index (χ3n) is 1.89. The molecule has 1 aromatic heterocycles. The highest BCUT2D eigenvalue weighted by Gasteiger charge is 1.99. The summed E-state index contributed by atoms with van der Waals surface area (Å²) in [5.41, 5.74) is 0. The first-order valence-corrected chi connectivity index (χ1v) is 5.49. The maximum Gasteiger partial charge on any atom is 0.138 e. The fourth-order valence-corrected chi connectivity index (χ4v) is 1.84. The highest BCUT2D eigenvalue weighted by atomic mass is 32.1. The zero-order valence-electron chi connectivity index (χ0n) is 8.07. The average molecular weight is 204 g/mol. The van der Waals surface area contributed by atoms with Gasteiger partial charge in [-0.15, -0.1) is 11.3 Å². The van der Waals surface area contributed by atoms with Crippen LogP contribution in [0.5, 0.6) is 5.75 Å². The van der Waals surface area contributed by atoms with Crippen molar-refractivity contribution in [1.82, 2.24) is 0 Å². The molecule has 0 aromatic carbocycles. The van der Waals surface area contributed by atoms with Crippen molar-refractivity contribution in [3.8, 4) is 5.75 Å². The van der Waals surface area contributed by atoms with Crippen LogP contribution >= 0.6 is 11.3 Å². The van der Waals surface area contributed by atoms with Crippen molar-refractivity contribution < 1.29 is 4.74 Å². The van der Waals surface area contributed by atoms with E-state index in [2.05, 4.69) is 19.1 Å². The highest BCUT2D eigenvalue weighted by Crippen LogP contribution is 2.23. The lowest BCUT2D eigenvalue weighted by molar-refractivity contribution is 0.446. The lowest BCUT2D eigenvalue weighted by Crippen LogP contribution is -1.89. The summed E-state index contributed by atoms with van der Waals surface area (Å²) in [5.74, 6) is 1.83. The molecule has 0 atom stereocenters. The zero-order valence-corrected chi connectivity index (χ0v) is 8.88. The monoisotopic (exact) mass is 204 g/mol. The molecule has 0 saturated carbocycles. The zero-order chi connectivity index (χ0) is 9.80. The molecule has 0 radical (unpaired) electrons. The third kappa shape index (κ3) is 2.36. The Kier molecular flexibility index (Phi) is 2.84. The molecule has 0 bridgehead atoms. The second-order valence-corrected chi connectivity index (χ2v) is 4.25. The first-order chi connectivity index (χ1) is 6.84. The Morgan fingerprint density at radius 2 is 2.29 bits per heavy atom. The van der Waals surface area contributed by atoms with Crippen LogP contribution in [-0.4, -0.2) is 0 Å². The SMILES string of the molecule is Cc1cc(OC2=CC=CCC=C2)cs1. The first-order valence-electron chi connectivity index (χ1n) is 4.61. The molecular formula is C12H12OS. The van der Waals surface area contributed by atoms with E-state index in [4.69, 9.17) is 4.74 Å². The molecule has 2 rings (SSSR count). The van der Waals surface area contributed by atoms with Crippen molar-refractivity contribution in [2.45, 2.75) is 13.3 Å². The predicted octanol–water partition coefficient (Wildman–Crippen LogP) is 3.84. The van der Waals surface area contributed by atoms with Crippen LogP contribution in [0.3, 0.4) is 0 Å². The van der Waals surface area contributed by atoms with Crippen molar-refractivity contribution in [2.75, 3.05) is 0 Å². The Hall–Kier alpha value is -1.28. The van der Waals surface area contributed by atoms with Gasteiger partial charge in [0.25, 0.3) is 0 Å². The summed E-state index contributed by atoms with van der Waals surface area (Å²) in [7, 11) is 0. The second kappa shape index (κ2) is 4.29. The van der Waals surface area contributed by atoms with Gasteiger partial charge in [-0.2, -0.15) is 0 Å². The van der Waals surface area contributed by atoms with E-state index in [1.165, 1.54) is 4.88 Å². The van der Waals surface area contributed by atoms with Crippen molar-refractivity contribution >= 4 is 11.3 Å². The molecule has 0 N–H and O–H groups in total. The van der Waals surface area contributed by atoms with Gasteiger partial charge >= 0.3 is 0 Å². The van der Waals surface area contributed by atoms with E-state index in [0.717, 1.165) is 17.9 Å². The molecule has 0 spiro atoms. The summed E-state index contributed by atoms with van der Waals surface area (Å²) < 4.78 is 5.69. The molecule has 72 valence electrons. The first kappa shape index (κ1) is 9.28. The summed E-state index contributed by atoms with van der Waals surface area (Å²) in [5, 5.41) is 2.03. The van der Waals surface area contributed by atoms with E-state index in [0.29, 0.717) is 0 Å². The second-order valence-electron chi connectivity index (χ2n) is 3.13. The minimum atomic E-state index is 0.900. The maximum absolute atomic E-state index is 5.69. The Morgan fingerprint density at radius 1 is 1.36 bits per heavy atom. The lowest BCUT2D eigenvalue weighted by atomic mass is 10.4. The van der Waals surface area contributed by atoms with Gasteiger partial charge in [-0.25, -0.2) is 0 Å². The molecule has 2 heteroatoms. The molecule has 1 nitrogen and oxygen atoms in total. The van der Waals surface area contributed by atoms with Crippen molar-refractivity contribution in [2.24, 2.45) is 0 Å². The third-order valence-corrected chi connectivity index (χ3v) is 2.73. The van der Waals surface area contributed by atoms with Crippen molar-refractivity contribution in [1.29, 1.82) is 0 Å². The Morgan fingerprint density at radius 3 is 3.07 bits per heavy atom. The molecule has 0 aliphatic heterocycles. The number of hydrogen-bond acceptors (Lipinski definition) is 2. The van der Waals surface area contributed by atoms with Crippen molar-refractivity contribution in [3.63, 3.8) is 0 Å². The van der Waals surface area contributed by atoms with Gasteiger partial charge in [0.1, 0.15) is 11.5 Å².